The number of nitrogens with zero attached hydrogens (tertiary/aromatic N) is 1. The normalized spacial score (nSPS) is 28.5. The molecular formula is C22H23N2O5+. The van der Waals surface area contributed by atoms with Crippen LogP contribution in [-0.4, -0.2) is 35.0 Å². The van der Waals surface area contributed by atoms with Crippen LogP contribution in [0.4, 0.5) is 5.69 Å². The van der Waals surface area contributed by atoms with Crippen molar-refractivity contribution in [1.29, 1.82) is 0 Å². The lowest BCUT2D eigenvalue weighted by Gasteiger charge is -2.26. The summed E-state index contributed by atoms with van der Waals surface area (Å²) in [4.78, 5) is 40.8. The van der Waals surface area contributed by atoms with Crippen molar-refractivity contribution in [2.24, 2.45) is 11.8 Å². The van der Waals surface area contributed by atoms with E-state index < -0.39 is 29.4 Å². The summed E-state index contributed by atoms with van der Waals surface area (Å²) in [6.45, 7) is 3.57. The van der Waals surface area contributed by atoms with E-state index in [9.17, 15) is 19.5 Å². The van der Waals surface area contributed by atoms with E-state index >= 15 is 0 Å². The second-order valence-electron chi connectivity index (χ2n) is 7.64. The molecule has 0 spiro atoms. The summed E-state index contributed by atoms with van der Waals surface area (Å²) in [6.07, 6.45) is 0. The lowest BCUT2D eigenvalue weighted by atomic mass is 9.80. The first-order valence-corrected chi connectivity index (χ1v) is 9.63. The van der Waals surface area contributed by atoms with Gasteiger partial charge in [0.25, 0.3) is 0 Å². The number of quaternary nitrogens is 1. The Bertz CT molecular complexity index is 959. The molecule has 0 aromatic heterocycles. The van der Waals surface area contributed by atoms with Gasteiger partial charge >= 0.3 is 5.97 Å². The van der Waals surface area contributed by atoms with Crippen molar-refractivity contribution in [3.8, 4) is 5.75 Å². The van der Waals surface area contributed by atoms with E-state index in [1.807, 2.05) is 6.07 Å². The number of esters is 1. The van der Waals surface area contributed by atoms with E-state index in [2.05, 4.69) is 0 Å². The average Bonchev–Trinajstić information content (AvgIpc) is 3.17. The Balaban J connectivity index is 1.81. The van der Waals surface area contributed by atoms with Gasteiger partial charge < -0.3 is 15.2 Å². The summed E-state index contributed by atoms with van der Waals surface area (Å²) in [5.74, 6) is -2.66. The highest BCUT2D eigenvalue weighted by atomic mass is 16.5. The number of nitrogens with two attached hydrogens (primary N) is 1. The third-order valence-corrected chi connectivity index (χ3v) is 5.92. The molecule has 2 aliphatic heterocycles. The third kappa shape index (κ3) is 2.89. The number of ether oxygens (including phenoxy) is 1. The maximum absolute atomic E-state index is 13.4. The van der Waals surface area contributed by atoms with Crippen molar-refractivity contribution >= 4 is 23.5 Å². The molecule has 2 aromatic rings. The van der Waals surface area contributed by atoms with E-state index in [1.165, 1.54) is 17.0 Å². The zero-order valence-corrected chi connectivity index (χ0v) is 16.2. The number of rotatable bonds is 4. The average molecular weight is 395 g/mol. The summed E-state index contributed by atoms with van der Waals surface area (Å²) in [5.41, 5.74) is 0.0360. The minimum atomic E-state index is -1.22. The fourth-order valence-corrected chi connectivity index (χ4v) is 4.58. The van der Waals surface area contributed by atoms with Crippen LogP contribution in [0.3, 0.4) is 0 Å². The molecular weight excluding hydrogens is 372 g/mol. The smallest absolute Gasteiger partial charge is 0.368 e. The van der Waals surface area contributed by atoms with Crippen LogP contribution in [0.25, 0.3) is 0 Å². The maximum Gasteiger partial charge on any atom is 0.368 e. The number of phenolic OH excluding ortho intramolecular Hbond substituents is 1. The van der Waals surface area contributed by atoms with Crippen molar-refractivity contribution in [2.45, 2.75) is 25.4 Å². The summed E-state index contributed by atoms with van der Waals surface area (Å²) in [6, 6.07) is 14.8. The highest BCUT2D eigenvalue weighted by Crippen LogP contribution is 2.45. The number of hydrogen-bond acceptors (Lipinski definition) is 5. The molecule has 4 atom stereocenters. The van der Waals surface area contributed by atoms with Gasteiger partial charge in [0.2, 0.25) is 17.4 Å². The highest BCUT2D eigenvalue weighted by Gasteiger charge is 2.70. The number of anilines is 1. The Morgan fingerprint density at radius 3 is 2.38 bits per heavy atom. The van der Waals surface area contributed by atoms with Gasteiger partial charge in [0, 0.05) is 12.5 Å². The van der Waals surface area contributed by atoms with Crippen LogP contribution < -0.4 is 10.2 Å². The number of benzene rings is 2. The predicted octanol–water partition coefficient (Wildman–Crippen LogP) is 1.14. The van der Waals surface area contributed by atoms with Crippen molar-refractivity contribution < 1.29 is 29.5 Å². The molecule has 4 rings (SSSR count). The molecule has 2 amide bonds. The fourth-order valence-electron chi connectivity index (χ4n) is 4.58. The minimum absolute atomic E-state index is 0.108. The number of aromatic hydroxyl groups is 1. The van der Waals surface area contributed by atoms with Crippen LogP contribution in [0.2, 0.25) is 0 Å². The Labute approximate surface area is 168 Å². The van der Waals surface area contributed by atoms with Crippen LogP contribution in [0.1, 0.15) is 25.5 Å². The molecule has 0 saturated carbocycles. The summed E-state index contributed by atoms with van der Waals surface area (Å²) >= 11 is 0. The van der Waals surface area contributed by atoms with E-state index in [-0.39, 0.29) is 24.2 Å². The molecule has 0 radical (unpaired) electrons. The predicted molar refractivity (Wildman–Crippen MR) is 104 cm³/mol. The standard InChI is InChI=1S/C22H22N2O5/c1-3-29-21(28)22(2)17-16(18(23-22)13-9-11-15(25)12-10-13)19(26)24(20(17)27)14-7-5-4-6-8-14/h4-12,16-18,23,25H,3H2,1-2H3/p+1/t16-,17+,18-,22-/m0/s1. The van der Waals surface area contributed by atoms with Gasteiger partial charge in [-0.1, -0.05) is 18.2 Å². The molecule has 2 aliphatic rings. The SMILES string of the molecule is CCOC(=O)[C@@]1(C)[NH2+][C@@H](c2ccc(O)cc2)[C@H]2C(=O)N(c3ccccc3)C(=O)[C@@H]21. The molecule has 0 aliphatic carbocycles. The van der Waals surface area contributed by atoms with Gasteiger partial charge in [0.1, 0.15) is 23.6 Å². The van der Waals surface area contributed by atoms with Crippen LogP contribution in [0.15, 0.2) is 54.6 Å². The lowest BCUT2D eigenvalue weighted by Crippen LogP contribution is -2.97. The van der Waals surface area contributed by atoms with E-state index in [4.69, 9.17) is 4.74 Å². The maximum atomic E-state index is 13.4. The van der Waals surface area contributed by atoms with Crippen molar-refractivity contribution in [2.75, 3.05) is 11.5 Å². The molecule has 2 saturated heterocycles. The molecule has 0 bridgehead atoms. The molecule has 7 heteroatoms. The third-order valence-electron chi connectivity index (χ3n) is 5.92. The van der Waals surface area contributed by atoms with Gasteiger partial charge in [-0.2, -0.15) is 0 Å². The Morgan fingerprint density at radius 2 is 1.76 bits per heavy atom. The Kier molecular flexibility index (Phi) is 4.62. The van der Waals surface area contributed by atoms with Crippen LogP contribution in [0.5, 0.6) is 5.75 Å². The van der Waals surface area contributed by atoms with E-state index in [0.717, 1.165) is 5.56 Å². The van der Waals surface area contributed by atoms with Gasteiger partial charge in [0.15, 0.2) is 0 Å². The Morgan fingerprint density at radius 1 is 1.10 bits per heavy atom. The van der Waals surface area contributed by atoms with Gasteiger partial charge in [-0.3, -0.25) is 9.59 Å². The molecule has 2 aromatic carbocycles. The van der Waals surface area contributed by atoms with E-state index in [1.54, 1.807) is 55.6 Å². The first kappa shape index (κ1) is 19.1. The van der Waals surface area contributed by atoms with Gasteiger partial charge in [-0.25, -0.2) is 9.69 Å². The van der Waals surface area contributed by atoms with Crippen LogP contribution in [0, 0.1) is 11.8 Å². The number of phenols is 1. The zero-order chi connectivity index (χ0) is 20.8. The molecule has 29 heavy (non-hydrogen) atoms. The van der Waals surface area contributed by atoms with Gasteiger partial charge in [-0.15, -0.1) is 0 Å². The molecule has 7 nitrogen and oxygen atoms in total. The largest absolute Gasteiger partial charge is 0.508 e. The topological polar surface area (TPSA) is 101 Å². The molecule has 0 unspecified atom stereocenters. The number of para-hydroxylation sites is 1. The number of fused-ring (bicyclic) bond motifs is 1. The molecule has 3 N–H and O–H groups in total. The summed E-state index contributed by atoms with van der Waals surface area (Å²) in [5, 5.41) is 11.4. The second kappa shape index (κ2) is 7.00. The van der Waals surface area contributed by atoms with Crippen LogP contribution in [-0.2, 0) is 19.1 Å². The van der Waals surface area contributed by atoms with Gasteiger partial charge in [-0.05, 0) is 43.3 Å². The van der Waals surface area contributed by atoms with Crippen molar-refractivity contribution in [3.05, 3.63) is 60.2 Å². The highest BCUT2D eigenvalue weighted by molar-refractivity contribution is 6.23. The Hall–Kier alpha value is -3.19. The minimum Gasteiger partial charge on any atom is -0.508 e. The monoisotopic (exact) mass is 395 g/mol. The number of hydrogen-bond donors (Lipinski definition) is 2. The number of imide groups is 1. The zero-order valence-electron chi connectivity index (χ0n) is 16.2. The van der Waals surface area contributed by atoms with Crippen molar-refractivity contribution in [1.82, 2.24) is 0 Å². The second-order valence-corrected chi connectivity index (χ2v) is 7.64. The first-order chi connectivity index (χ1) is 13.9. The fraction of sp³-hybridized carbons (Fsp3) is 0.318. The quantitative estimate of drug-likeness (QED) is 0.597. The molecule has 2 fully saturated rings. The molecule has 150 valence electrons. The van der Waals surface area contributed by atoms with Crippen molar-refractivity contribution in [3.63, 3.8) is 0 Å². The number of carbonyl (C=O) groups excluding carboxylic acids is 3. The van der Waals surface area contributed by atoms with Gasteiger partial charge in [0.05, 0.1) is 12.3 Å². The van der Waals surface area contributed by atoms with E-state index in [0.29, 0.717) is 5.69 Å². The summed E-state index contributed by atoms with van der Waals surface area (Å²) < 4.78 is 5.27. The molecule has 2 heterocycles. The number of carbonyl (C=O) groups is 3. The van der Waals surface area contributed by atoms with Crippen LogP contribution >= 0.6 is 0 Å². The number of amides is 2. The lowest BCUT2D eigenvalue weighted by molar-refractivity contribution is -0.731. The first-order valence-electron chi connectivity index (χ1n) is 9.63. The summed E-state index contributed by atoms with van der Waals surface area (Å²) in [7, 11) is 0.